The number of Topliss-reactive ketones (excluding diaryl/α,β-unsaturated/α-hetero) is 1. The average molecular weight is 274 g/mol. The molecule has 0 aromatic carbocycles. The Kier molecular flexibility index (Phi) is 3.52. The van der Waals surface area contributed by atoms with Crippen LogP contribution in [0, 0.1) is 0 Å². The minimum atomic E-state index is -1.38. The van der Waals surface area contributed by atoms with E-state index in [1.54, 1.807) is 34.6 Å². The van der Waals surface area contributed by atoms with Crippen LogP contribution in [0.2, 0.25) is 0 Å². The van der Waals surface area contributed by atoms with Gasteiger partial charge in [0.1, 0.15) is 6.10 Å². The van der Waals surface area contributed by atoms with Crippen LogP contribution in [0.1, 0.15) is 34.6 Å². The SMILES string of the molecule is COC(C)(C)O[C@]1(C)OC[C@H]2OC(C)(C)O[C@H]2C1=O. The average Bonchev–Trinajstić information content (AvgIpc) is 2.60. The molecule has 2 rings (SSSR count). The monoisotopic (exact) mass is 274 g/mol. The maximum absolute atomic E-state index is 12.5. The summed E-state index contributed by atoms with van der Waals surface area (Å²) in [6, 6.07) is 0. The normalized spacial score (nSPS) is 38.3. The van der Waals surface area contributed by atoms with Gasteiger partial charge >= 0.3 is 0 Å². The molecular weight excluding hydrogens is 252 g/mol. The molecule has 2 fully saturated rings. The van der Waals surface area contributed by atoms with Crippen LogP contribution in [0.4, 0.5) is 0 Å². The van der Waals surface area contributed by atoms with Crippen LogP contribution >= 0.6 is 0 Å². The molecule has 2 heterocycles. The van der Waals surface area contributed by atoms with Gasteiger partial charge < -0.3 is 23.7 Å². The lowest BCUT2D eigenvalue weighted by Gasteiger charge is -2.40. The molecule has 0 radical (unpaired) electrons. The van der Waals surface area contributed by atoms with E-state index in [0.717, 1.165) is 0 Å². The van der Waals surface area contributed by atoms with Crippen LogP contribution in [-0.4, -0.2) is 49.1 Å². The van der Waals surface area contributed by atoms with Gasteiger partial charge in [0, 0.05) is 7.11 Å². The van der Waals surface area contributed by atoms with E-state index in [4.69, 9.17) is 23.7 Å². The van der Waals surface area contributed by atoms with Gasteiger partial charge in [0.15, 0.2) is 17.7 Å². The van der Waals surface area contributed by atoms with E-state index in [2.05, 4.69) is 0 Å². The molecule has 0 aromatic rings. The van der Waals surface area contributed by atoms with E-state index in [1.165, 1.54) is 7.11 Å². The number of hydrogen-bond acceptors (Lipinski definition) is 6. The van der Waals surface area contributed by atoms with E-state index in [-0.39, 0.29) is 18.5 Å². The summed E-state index contributed by atoms with van der Waals surface area (Å²) in [5.74, 6) is -3.37. The third kappa shape index (κ3) is 2.83. The molecule has 0 bridgehead atoms. The summed E-state index contributed by atoms with van der Waals surface area (Å²) < 4.78 is 27.7. The van der Waals surface area contributed by atoms with Crippen LogP contribution in [0.5, 0.6) is 0 Å². The molecule has 0 N–H and O–H groups in total. The van der Waals surface area contributed by atoms with Crippen LogP contribution < -0.4 is 0 Å². The van der Waals surface area contributed by atoms with Crippen molar-refractivity contribution >= 4 is 5.78 Å². The molecule has 0 aliphatic carbocycles. The molecule has 2 saturated heterocycles. The van der Waals surface area contributed by atoms with Crippen molar-refractivity contribution < 1.29 is 28.5 Å². The van der Waals surface area contributed by atoms with E-state index in [1.807, 2.05) is 0 Å². The lowest BCUT2D eigenvalue weighted by Crippen LogP contribution is -2.59. The molecule has 0 amide bonds. The Hall–Kier alpha value is -0.530. The molecule has 6 nitrogen and oxygen atoms in total. The Morgan fingerprint density at radius 3 is 2.47 bits per heavy atom. The summed E-state index contributed by atoms with van der Waals surface area (Å²) in [5, 5.41) is 0. The quantitative estimate of drug-likeness (QED) is 0.721. The van der Waals surface area contributed by atoms with Crippen molar-refractivity contribution in [1.29, 1.82) is 0 Å². The molecule has 0 saturated carbocycles. The fraction of sp³-hybridized carbons (Fsp3) is 0.923. The van der Waals surface area contributed by atoms with Gasteiger partial charge in [0.25, 0.3) is 0 Å². The molecule has 0 unspecified atom stereocenters. The first-order chi connectivity index (χ1) is 8.59. The predicted molar refractivity (Wildman–Crippen MR) is 65.4 cm³/mol. The maximum atomic E-state index is 12.5. The largest absolute Gasteiger partial charge is 0.354 e. The fourth-order valence-electron chi connectivity index (χ4n) is 2.34. The summed E-state index contributed by atoms with van der Waals surface area (Å²) in [7, 11) is 1.51. The number of ether oxygens (including phenoxy) is 5. The summed E-state index contributed by atoms with van der Waals surface area (Å²) in [6.45, 7) is 8.82. The maximum Gasteiger partial charge on any atom is 0.231 e. The van der Waals surface area contributed by atoms with Crippen LogP contribution in [0.25, 0.3) is 0 Å². The first-order valence-corrected chi connectivity index (χ1v) is 6.38. The van der Waals surface area contributed by atoms with Crippen molar-refractivity contribution in [2.45, 2.75) is 64.2 Å². The van der Waals surface area contributed by atoms with Gasteiger partial charge in [-0.1, -0.05) is 0 Å². The highest BCUT2D eigenvalue weighted by Gasteiger charge is 2.57. The smallest absolute Gasteiger partial charge is 0.231 e. The Balaban J connectivity index is 2.16. The van der Waals surface area contributed by atoms with Gasteiger partial charge in [-0.3, -0.25) is 4.79 Å². The van der Waals surface area contributed by atoms with Crippen LogP contribution in [-0.2, 0) is 28.5 Å². The lowest BCUT2D eigenvalue weighted by atomic mass is 10.00. The zero-order valence-electron chi connectivity index (χ0n) is 12.3. The number of ketones is 1. The third-order valence-electron chi connectivity index (χ3n) is 3.34. The first-order valence-electron chi connectivity index (χ1n) is 6.38. The predicted octanol–water partition coefficient (Wildman–Crippen LogP) is 1.22. The molecule has 2 aliphatic heterocycles. The second-order valence-electron chi connectivity index (χ2n) is 5.92. The zero-order chi connectivity index (χ0) is 14.5. The van der Waals surface area contributed by atoms with Gasteiger partial charge in [-0.05, 0) is 34.6 Å². The van der Waals surface area contributed by atoms with Gasteiger partial charge in [-0.25, -0.2) is 0 Å². The van der Waals surface area contributed by atoms with Crippen molar-refractivity contribution in [1.82, 2.24) is 0 Å². The summed E-state index contributed by atoms with van der Waals surface area (Å²) >= 11 is 0. The summed E-state index contributed by atoms with van der Waals surface area (Å²) in [4.78, 5) is 12.5. The number of fused-ring (bicyclic) bond motifs is 1. The number of carbonyl (C=O) groups excluding carboxylic acids is 1. The van der Waals surface area contributed by atoms with Crippen molar-refractivity contribution in [2.75, 3.05) is 13.7 Å². The molecule has 110 valence electrons. The van der Waals surface area contributed by atoms with Crippen molar-refractivity contribution in [3.63, 3.8) is 0 Å². The van der Waals surface area contributed by atoms with Crippen LogP contribution in [0.15, 0.2) is 0 Å². The molecule has 19 heavy (non-hydrogen) atoms. The molecule has 0 aromatic heterocycles. The zero-order valence-corrected chi connectivity index (χ0v) is 12.3. The molecule has 2 aliphatic rings. The number of methoxy groups -OCH3 is 1. The van der Waals surface area contributed by atoms with E-state index >= 15 is 0 Å². The highest BCUT2D eigenvalue weighted by molar-refractivity contribution is 5.91. The lowest BCUT2D eigenvalue weighted by molar-refractivity contribution is -0.331. The molecular formula is C13H22O6. The number of carbonyl (C=O) groups is 1. The summed E-state index contributed by atoms with van der Waals surface area (Å²) in [5.41, 5.74) is 0. The standard InChI is InChI=1S/C13H22O6/c1-11(2,15-6)19-13(5)10(14)9-8(7-16-13)17-12(3,4)18-9/h8-9H,7H2,1-6H3/t8-,9-,13+/m1/s1. The first kappa shape index (κ1) is 14.9. The molecule has 6 heteroatoms. The van der Waals surface area contributed by atoms with Gasteiger partial charge in [0.05, 0.1) is 6.61 Å². The Morgan fingerprint density at radius 2 is 1.89 bits per heavy atom. The Bertz CT molecular complexity index is 377. The summed E-state index contributed by atoms with van der Waals surface area (Å²) in [6.07, 6.45) is -1.05. The van der Waals surface area contributed by atoms with Crippen molar-refractivity contribution in [3.05, 3.63) is 0 Å². The second-order valence-corrected chi connectivity index (χ2v) is 5.92. The molecule has 0 spiro atoms. The van der Waals surface area contributed by atoms with E-state index in [0.29, 0.717) is 0 Å². The van der Waals surface area contributed by atoms with E-state index < -0.39 is 23.5 Å². The second kappa shape index (κ2) is 4.49. The minimum Gasteiger partial charge on any atom is -0.354 e. The fourth-order valence-corrected chi connectivity index (χ4v) is 2.34. The topological polar surface area (TPSA) is 63.2 Å². The minimum absolute atomic E-state index is 0.246. The van der Waals surface area contributed by atoms with Gasteiger partial charge in [-0.2, -0.15) is 0 Å². The Labute approximate surface area is 113 Å². The van der Waals surface area contributed by atoms with Gasteiger partial charge in [-0.15, -0.1) is 0 Å². The van der Waals surface area contributed by atoms with Crippen molar-refractivity contribution in [3.8, 4) is 0 Å². The molecule has 3 atom stereocenters. The van der Waals surface area contributed by atoms with Crippen molar-refractivity contribution in [2.24, 2.45) is 0 Å². The third-order valence-corrected chi connectivity index (χ3v) is 3.34. The highest BCUT2D eigenvalue weighted by atomic mass is 16.8. The Morgan fingerprint density at radius 1 is 1.26 bits per heavy atom. The highest BCUT2D eigenvalue weighted by Crippen LogP contribution is 2.37. The number of rotatable bonds is 3. The van der Waals surface area contributed by atoms with Gasteiger partial charge in [0.2, 0.25) is 11.6 Å². The van der Waals surface area contributed by atoms with Crippen LogP contribution in [0.3, 0.4) is 0 Å². The van der Waals surface area contributed by atoms with E-state index in [9.17, 15) is 4.79 Å². The number of hydrogen-bond donors (Lipinski definition) is 0.